The smallest absolute Gasteiger partial charge is 0.290 e. The first-order valence-electron chi connectivity index (χ1n) is 9.53. The van der Waals surface area contributed by atoms with E-state index in [9.17, 15) is 9.18 Å². The quantitative estimate of drug-likeness (QED) is 0.677. The summed E-state index contributed by atoms with van der Waals surface area (Å²) in [4.78, 5) is 17.0. The Morgan fingerprint density at radius 1 is 1.14 bits per heavy atom. The molecule has 1 aromatic heterocycles. The average molecular weight is 382 g/mol. The van der Waals surface area contributed by atoms with E-state index in [-0.39, 0.29) is 11.7 Å². The molecule has 0 spiro atoms. The van der Waals surface area contributed by atoms with Gasteiger partial charge in [0.1, 0.15) is 17.1 Å². The maximum absolute atomic E-state index is 13.5. The van der Waals surface area contributed by atoms with E-state index in [2.05, 4.69) is 4.90 Å². The van der Waals surface area contributed by atoms with Crippen molar-refractivity contribution in [3.05, 3.63) is 59.6 Å². The van der Waals surface area contributed by atoms with Crippen LogP contribution in [0, 0.1) is 12.7 Å². The number of fused-ring (bicyclic) bond motifs is 1. The molecule has 0 atom stereocenters. The van der Waals surface area contributed by atoms with Gasteiger partial charge in [0.2, 0.25) is 0 Å². The number of piperazine rings is 1. The Labute approximate surface area is 163 Å². The monoisotopic (exact) mass is 382 g/mol. The van der Waals surface area contributed by atoms with Crippen molar-refractivity contribution in [2.75, 3.05) is 37.7 Å². The molecule has 0 bridgehead atoms. The summed E-state index contributed by atoms with van der Waals surface area (Å²) in [5.74, 6) is 0.674. The second-order valence-corrected chi connectivity index (χ2v) is 6.88. The highest BCUT2D eigenvalue weighted by atomic mass is 19.1. The van der Waals surface area contributed by atoms with Gasteiger partial charge in [0.25, 0.3) is 5.91 Å². The van der Waals surface area contributed by atoms with Crippen LogP contribution in [0.25, 0.3) is 11.0 Å². The Bertz CT molecular complexity index is 1010. The van der Waals surface area contributed by atoms with E-state index in [1.807, 2.05) is 31.2 Å². The van der Waals surface area contributed by atoms with Crippen molar-refractivity contribution in [2.45, 2.75) is 13.8 Å². The second kappa shape index (κ2) is 7.54. The molecule has 0 radical (unpaired) electrons. The Morgan fingerprint density at radius 2 is 1.89 bits per heavy atom. The maximum atomic E-state index is 13.5. The molecule has 1 fully saturated rings. The van der Waals surface area contributed by atoms with Gasteiger partial charge in [-0.05, 0) is 44.2 Å². The van der Waals surface area contributed by atoms with Gasteiger partial charge in [0.15, 0.2) is 5.76 Å². The number of anilines is 1. The summed E-state index contributed by atoms with van der Waals surface area (Å²) in [6.45, 7) is 6.98. The van der Waals surface area contributed by atoms with Crippen LogP contribution in [0.1, 0.15) is 23.0 Å². The molecule has 6 heteroatoms. The molecule has 1 saturated heterocycles. The molecule has 28 heavy (non-hydrogen) atoms. The van der Waals surface area contributed by atoms with Crippen molar-refractivity contribution in [1.29, 1.82) is 0 Å². The van der Waals surface area contributed by atoms with Crippen molar-refractivity contribution in [2.24, 2.45) is 0 Å². The van der Waals surface area contributed by atoms with Gasteiger partial charge in [-0.25, -0.2) is 4.39 Å². The van der Waals surface area contributed by atoms with E-state index in [4.69, 9.17) is 9.15 Å². The molecular formula is C22H23FN2O3. The van der Waals surface area contributed by atoms with E-state index in [0.29, 0.717) is 55.1 Å². The van der Waals surface area contributed by atoms with E-state index in [1.54, 1.807) is 17.9 Å². The van der Waals surface area contributed by atoms with E-state index >= 15 is 0 Å². The fraction of sp³-hybridized carbons (Fsp3) is 0.318. The van der Waals surface area contributed by atoms with Gasteiger partial charge in [-0.3, -0.25) is 4.79 Å². The molecule has 0 unspecified atom stereocenters. The number of rotatable bonds is 4. The first kappa shape index (κ1) is 18.3. The highest BCUT2D eigenvalue weighted by molar-refractivity contribution is 5.99. The number of hydrogen-bond acceptors (Lipinski definition) is 4. The zero-order valence-corrected chi connectivity index (χ0v) is 16.1. The summed E-state index contributed by atoms with van der Waals surface area (Å²) in [6.07, 6.45) is 0. The fourth-order valence-electron chi connectivity index (χ4n) is 3.69. The van der Waals surface area contributed by atoms with Gasteiger partial charge >= 0.3 is 0 Å². The summed E-state index contributed by atoms with van der Waals surface area (Å²) < 4.78 is 25.0. The lowest BCUT2D eigenvalue weighted by molar-refractivity contribution is 0.0716. The summed E-state index contributed by atoms with van der Waals surface area (Å²) in [7, 11) is 0. The minimum atomic E-state index is -0.336. The number of carbonyl (C=O) groups is 1. The van der Waals surface area contributed by atoms with Crippen LogP contribution in [0.3, 0.4) is 0 Å². The van der Waals surface area contributed by atoms with Crippen LogP contribution in [0.15, 0.2) is 46.9 Å². The molecule has 5 nitrogen and oxygen atoms in total. The minimum Gasteiger partial charge on any atom is -0.492 e. The Kier molecular flexibility index (Phi) is 4.94. The lowest BCUT2D eigenvalue weighted by atomic mass is 10.1. The first-order chi connectivity index (χ1) is 13.6. The maximum Gasteiger partial charge on any atom is 0.290 e. The van der Waals surface area contributed by atoms with Crippen molar-refractivity contribution in [3.63, 3.8) is 0 Å². The summed E-state index contributed by atoms with van der Waals surface area (Å²) in [5, 5.41) is 0.646. The van der Waals surface area contributed by atoms with Gasteiger partial charge in [-0.2, -0.15) is 0 Å². The molecule has 0 aliphatic carbocycles. The molecule has 1 aliphatic rings. The minimum absolute atomic E-state index is 0.146. The average Bonchev–Trinajstić information content (AvgIpc) is 3.04. The van der Waals surface area contributed by atoms with Crippen LogP contribution >= 0.6 is 0 Å². The summed E-state index contributed by atoms with van der Waals surface area (Å²) >= 11 is 0. The lowest BCUT2D eigenvalue weighted by Gasteiger charge is -2.36. The number of nitrogens with zero attached hydrogens (tertiary/aromatic N) is 2. The van der Waals surface area contributed by atoms with E-state index in [1.165, 1.54) is 12.1 Å². The van der Waals surface area contributed by atoms with Gasteiger partial charge in [0.05, 0.1) is 12.3 Å². The van der Waals surface area contributed by atoms with Crippen molar-refractivity contribution >= 4 is 22.6 Å². The number of benzene rings is 2. The molecule has 1 aliphatic heterocycles. The molecule has 0 saturated carbocycles. The van der Waals surface area contributed by atoms with E-state index < -0.39 is 0 Å². The van der Waals surface area contributed by atoms with Crippen molar-refractivity contribution < 1.29 is 18.3 Å². The SMILES string of the molecule is CCOc1ccccc1N1CCN(C(=O)c2oc3ccc(F)cc3c2C)CC1. The number of amides is 1. The number of hydrogen-bond donors (Lipinski definition) is 0. The zero-order valence-electron chi connectivity index (χ0n) is 16.1. The van der Waals surface area contributed by atoms with Gasteiger partial charge in [0, 0.05) is 37.1 Å². The lowest BCUT2D eigenvalue weighted by Crippen LogP contribution is -2.49. The van der Waals surface area contributed by atoms with Crippen molar-refractivity contribution in [3.8, 4) is 5.75 Å². The predicted octanol–water partition coefficient (Wildman–Crippen LogP) is 4.24. The molecule has 1 amide bonds. The van der Waals surface area contributed by atoms with Gasteiger partial charge in [-0.1, -0.05) is 12.1 Å². The number of halogens is 1. The third-order valence-corrected chi connectivity index (χ3v) is 5.17. The number of ether oxygens (including phenoxy) is 1. The number of aryl methyl sites for hydroxylation is 1. The third-order valence-electron chi connectivity index (χ3n) is 5.17. The largest absolute Gasteiger partial charge is 0.492 e. The highest BCUT2D eigenvalue weighted by Crippen LogP contribution is 2.30. The van der Waals surface area contributed by atoms with Gasteiger partial charge in [-0.15, -0.1) is 0 Å². The second-order valence-electron chi connectivity index (χ2n) is 6.88. The standard InChI is InChI=1S/C22H23FN2O3/c1-3-27-20-7-5-4-6-18(20)24-10-12-25(13-11-24)22(26)21-15(2)17-14-16(23)8-9-19(17)28-21/h4-9,14H,3,10-13H2,1-2H3. The molecule has 4 rings (SSSR count). The Hall–Kier alpha value is -3.02. The molecule has 2 heterocycles. The van der Waals surface area contributed by atoms with Crippen LogP contribution in [-0.2, 0) is 0 Å². The Balaban J connectivity index is 1.50. The van der Waals surface area contributed by atoms with Crippen LogP contribution in [0.5, 0.6) is 5.75 Å². The molecule has 2 aromatic carbocycles. The fourth-order valence-corrected chi connectivity index (χ4v) is 3.69. The zero-order chi connectivity index (χ0) is 19.7. The highest BCUT2D eigenvalue weighted by Gasteiger charge is 2.27. The van der Waals surface area contributed by atoms with Crippen molar-refractivity contribution in [1.82, 2.24) is 4.90 Å². The molecule has 3 aromatic rings. The number of para-hydroxylation sites is 2. The van der Waals surface area contributed by atoms with Crippen LogP contribution in [0.4, 0.5) is 10.1 Å². The summed E-state index contributed by atoms with van der Waals surface area (Å²) in [6, 6.07) is 12.3. The van der Waals surface area contributed by atoms with Gasteiger partial charge < -0.3 is 19.0 Å². The number of furan rings is 1. The first-order valence-corrected chi connectivity index (χ1v) is 9.53. The topological polar surface area (TPSA) is 45.9 Å². The van der Waals surface area contributed by atoms with Crippen LogP contribution in [0.2, 0.25) is 0 Å². The molecule has 0 N–H and O–H groups in total. The van der Waals surface area contributed by atoms with Crippen LogP contribution < -0.4 is 9.64 Å². The normalized spacial score (nSPS) is 14.5. The molecular weight excluding hydrogens is 359 g/mol. The summed E-state index contributed by atoms with van der Waals surface area (Å²) in [5.41, 5.74) is 2.27. The Morgan fingerprint density at radius 3 is 2.64 bits per heavy atom. The predicted molar refractivity (Wildman–Crippen MR) is 107 cm³/mol. The van der Waals surface area contributed by atoms with E-state index in [0.717, 1.165) is 11.4 Å². The number of carbonyl (C=O) groups excluding carboxylic acids is 1. The third kappa shape index (κ3) is 3.30. The molecule has 146 valence electrons. The van der Waals surface area contributed by atoms with Crippen LogP contribution in [-0.4, -0.2) is 43.6 Å².